The minimum Gasteiger partial charge on any atom is -0.365 e. The molecule has 0 atom stereocenters. The Morgan fingerprint density at radius 2 is 2.40 bits per heavy atom. The summed E-state index contributed by atoms with van der Waals surface area (Å²) in [5.74, 6) is 0.694. The van der Waals surface area contributed by atoms with E-state index < -0.39 is 0 Å². The molecule has 0 amide bonds. The SMILES string of the molecule is Cc1[nH]ncc1CNc1ncccc1Cl. The first-order valence-corrected chi connectivity index (χ1v) is 4.98. The Labute approximate surface area is 92.7 Å². The Hall–Kier alpha value is -1.55. The molecule has 0 aromatic carbocycles. The fourth-order valence-corrected chi connectivity index (χ4v) is 1.44. The van der Waals surface area contributed by atoms with Gasteiger partial charge in [-0.1, -0.05) is 11.6 Å². The summed E-state index contributed by atoms with van der Waals surface area (Å²) < 4.78 is 0. The van der Waals surface area contributed by atoms with Crippen molar-refractivity contribution in [2.24, 2.45) is 0 Å². The van der Waals surface area contributed by atoms with Gasteiger partial charge in [-0.25, -0.2) is 4.98 Å². The highest BCUT2D eigenvalue weighted by Gasteiger charge is 2.02. The average Bonchev–Trinajstić information content (AvgIpc) is 2.63. The van der Waals surface area contributed by atoms with Crippen LogP contribution in [0.3, 0.4) is 0 Å². The van der Waals surface area contributed by atoms with Crippen molar-refractivity contribution < 1.29 is 0 Å². The molecule has 2 N–H and O–H groups in total. The summed E-state index contributed by atoms with van der Waals surface area (Å²) in [6.07, 6.45) is 3.50. The minimum atomic E-state index is 0.624. The van der Waals surface area contributed by atoms with Crippen LogP contribution < -0.4 is 5.32 Å². The lowest BCUT2D eigenvalue weighted by Gasteiger charge is -2.05. The van der Waals surface area contributed by atoms with E-state index in [0.29, 0.717) is 17.4 Å². The summed E-state index contributed by atoms with van der Waals surface area (Å²) in [6, 6.07) is 3.61. The molecule has 0 bridgehead atoms. The average molecular weight is 223 g/mol. The van der Waals surface area contributed by atoms with Crippen LogP contribution in [0.1, 0.15) is 11.3 Å². The van der Waals surface area contributed by atoms with Gasteiger partial charge >= 0.3 is 0 Å². The number of aromatic nitrogens is 3. The zero-order valence-corrected chi connectivity index (χ0v) is 9.04. The van der Waals surface area contributed by atoms with Crippen molar-refractivity contribution in [2.75, 3.05) is 5.32 Å². The Morgan fingerprint density at radius 1 is 1.53 bits per heavy atom. The van der Waals surface area contributed by atoms with Crippen molar-refractivity contribution in [3.05, 3.63) is 40.8 Å². The number of nitrogens with zero attached hydrogens (tertiary/aromatic N) is 2. The van der Waals surface area contributed by atoms with Gasteiger partial charge in [0.2, 0.25) is 0 Å². The third-order valence-corrected chi connectivity index (χ3v) is 2.44. The van der Waals surface area contributed by atoms with Gasteiger partial charge in [0, 0.05) is 24.0 Å². The number of aryl methyl sites for hydroxylation is 1. The summed E-state index contributed by atoms with van der Waals surface area (Å²) in [4.78, 5) is 4.13. The molecule has 2 heterocycles. The molecule has 4 nitrogen and oxygen atoms in total. The van der Waals surface area contributed by atoms with Gasteiger partial charge in [-0.2, -0.15) is 5.10 Å². The van der Waals surface area contributed by atoms with Crippen LogP contribution in [0.4, 0.5) is 5.82 Å². The lowest BCUT2D eigenvalue weighted by Crippen LogP contribution is -2.01. The van der Waals surface area contributed by atoms with E-state index in [1.807, 2.05) is 6.92 Å². The van der Waals surface area contributed by atoms with Crippen molar-refractivity contribution in [1.29, 1.82) is 0 Å². The molecule has 5 heteroatoms. The maximum Gasteiger partial charge on any atom is 0.145 e. The van der Waals surface area contributed by atoms with Crippen LogP contribution >= 0.6 is 11.6 Å². The summed E-state index contributed by atoms with van der Waals surface area (Å²) in [5, 5.41) is 10.6. The van der Waals surface area contributed by atoms with E-state index in [1.54, 1.807) is 24.5 Å². The summed E-state index contributed by atoms with van der Waals surface area (Å²) in [7, 11) is 0. The van der Waals surface area contributed by atoms with Crippen LogP contribution in [0.2, 0.25) is 5.02 Å². The number of aromatic amines is 1. The zero-order valence-electron chi connectivity index (χ0n) is 8.29. The van der Waals surface area contributed by atoms with Gasteiger partial charge in [-0.05, 0) is 19.1 Å². The van der Waals surface area contributed by atoms with E-state index in [4.69, 9.17) is 11.6 Å². The standard InChI is InChI=1S/C10H11ClN4/c1-7-8(6-14-15-7)5-13-10-9(11)3-2-4-12-10/h2-4,6H,5H2,1H3,(H,12,13)(H,14,15). The second kappa shape index (κ2) is 4.31. The van der Waals surface area contributed by atoms with Crippen LogP contribution in [-0.4, -0.2) is 15.2 Å². The van der Waals surface area contributed by atoms with Gasteiger partial charge in [0.05, 0.1) is 11.2 Å². The minimum absolute atomic E-state index is 0.624. The maximum atomic E-state index is 5.96. The number of nitrogens with one attached hydrogen (secondary N) is 2. The highest BCUT2D eigenvalue weighted by Crippen LogP contribution is 2.18. The molecule has 0 saturated heterocycles. The Morgan fingerprint density at radius 3 is 3.07 bits per heavy atom. The van der Waals surface area contributed by atoms with Gasteiger partial charge in [0.25, 0.3) is 0 Å². The maximum absolute atomic E-state index is 5.96. The van der Waals surface area contributed by atoms with Gasteiger partial charge < -0.3 is 5.32 Å². The molecule has 0 spiro atoms. The second-order valence-corrected chi connectivity index (χ2v) is 3.61. The molecular weight excluding hydrogens is 212 g/mol. The predicted octanol–water partition coefficient (Wildman–Crippen LogP) is 2.38. The quantitative estimate of drug-likeness (QED) is 0.839. The molecule has 0 saturated carbocycles. The molecule has 2 aromatic rings. The largest absolute Gasteiger partial charge is 0.365 e. The van der Waals surface area contributed by atoms with Crippen molar-refractivity contribution in [1.82, 2.24) is 15.2 Å². The lowest BCUT2D eigenvalue weighted by molar-refractivity contribution is 1.04. The molecule has 78 valence electrons. The van der Waals surface area contributed by atoms with Gasteiger partial charge in [-0.3, -0.25) is 5.10 Å². The number of anilines is 1. The predicted molar refractivity (Wildman–Crippen MR) is 59.9 cm³/mol. The molecule has 0 aliphatic heterocycles. The number of hydrogen-bond acceptors (Lipinski definition) is 3. The van der Waals surface area contributed by atoms with Crippen molar-refractivity contribution in [3.8, 4) is 0 Å². The van der Waals surface area contributed by atoms with Gasteiger partial charge in [0.1, 0.15) is 5.82 Å². The van der Waals surface area contributed by atoms with Gasteiger partial charge in [-0.15, -0.1) is 0 Å². The third-order valence-electron chi connectivity index (χ3n) is 2.14. The molecule has 15 heavy (non-hydrogen) atoms. The summed E-state index contributed by atoms with van der Waals surface area (Å²) in [5.41, 5.74) is 2.16. The monoisotopic (exact) mass is 222 g/mol. The van der Waals surface area contributed by atoms with Crippen LogP contribution in [0.25, 0.3) is 0 Å². The van der Waals surface area contributed by atoms with E-state index in [9.17, 15) is 0 Å². The molecular formula is C10H11ClN4. The smallest absolute Gasteiger partial charge is 0.145 e. The molecule has 0 radical (unpaired) electrons. The molecule has 0 fully saturated rings. The number of halogens is 1. The van der Waals surface area contributed by atoms with Crippen LogP contribution in [0, 0.1) is 6.92 Å². The topological polar surface area (TPSA) is 53.6 Å². The third kappa shape index (κ3) is 2.27. The number of rotatable bonds is 3. The normalized spacial score (nSPS) is 10.3. The van der Waals surface area contributed by atoms with Crippen molar-refractivity contribution in [3.63, 3.8) is 0 Å². The molecule has 0 unspecified atom stereocenters. The highest BCUT2D eigenvalue weighted by atomic mass is 35.5. The Kier molecular flexibility index (Phi) is 2.87. The Balaban J connectivity index is 2.06. The van der Waals surface area contributed by atoms with Gasteiger partial charge in [0.15, 0.2) is 0 Å². The van der Waals surface area contributed by atoms with E-state index in [0.717, 1.165) is 11.3 Å². The Bertz CT molecular complexity index is 452. The molecule has 0 aliphatic rings. The number of pyridine rings is 1. The van der Waals surface area contributed by atoms with Crippen molar-refractivity contribution >= 4 is 17.4 Å². The highest BCUT2D eigenvalue weighted by molar-refractivity contribution is 6.32. The van der Waals surface area contributed by atoms with E-state index in [1.165, 1.54) is 0 Å². The van der Waals surface area contributed by atoms with E-state index in [-0.39, 0.29) is 0 Å². The zero-order chi connectivity index (χ0) is 10.7. The number of hydrogen-bond donors (Lipinski definition) is 2. The molecule has 2 rings (SSSR count). The fraction of sp³-hybridized carbons (Fsp3) is 0.200. The van der Waals surface area contributed by atoms with Crippen LogP contribution in [0.15, 0.2) is 24.5 Å². The summed E-state index contributed by atoms with van der Waals surface area (Å²) in [6.45, 7) is 2.64. The lowest BCUT2D eigenvalue weighted by atomic mass is 10.2. The van der Waals surface area contributed by atoms with Crippen molar-refractivity contribution in [2.45, 2.75) is 13.5 Å². The molecule has 0 aliphatic carbocycles. The first-order chi connectivity index (χ1) is 7.27. The first kappa shape index (κ1) is 9.98. The van der Waals surface area contributed by atoms with Crippen LogP contribution in [0.5, 0.6) is 0 Å². The molecule has 2 aromatic heterocycles. The fourth-order valence-electron chi connectivity index (χ4n) is 1.25. The second-order valence-electron chi connectivity index (χ2n) is 3.21. The number of H-pyrrole nitrogens is 1. The van der Waals surface area contributed by atoms with E-state index >= 15 is 0 Å². The summed E-state index contributed by atoms with van der Waals surface area (Å²) >= 11 is 5.96. The van der Waals surface area contributed by atoms with E-state index in [2.05, 4.69) is 20.5 Å². The van der Waals surface area contributed by atoms with Crippen LogP contribution in [-0.2, 0) is 6.54 Å². The first-order valence-electron chi connectivity index (χ1n) is 4.60.